The van der Waals surface area contributed by atoms with E-state index in [9.17, 15) is 4.79 Å². The summed E-state index contributed by atoms with van der Waals surface area (Å²) in [5.74, 6) is 0.400. The maximum absolute atomic E-state index is 12.8. The molecule has 2 fully saturated rings. The second-order valence-electron chi connectivity index (χ2n) is 6.87. The minimum absolute atomic E-state index is 0.00709. The van der Waals surface area contributed by atoms with Crippen LogP contribution >= 0.6 is 0 Å². The van der Waals surface area contributed by atoms with Crippen LogP contribution in [0.2, 0.25) is 0 Å². The summed E-state index contributed by atoms with van der Waals surface area (Å²) < 4.78 is 5.90. The van der Waals surface area contributed by atoms with Crippen molar-refractivity contribution in [1.82, 2.24) is 4.90 Å². The van der Waals surface area contributed by atoms with E-state index in [1.807, 2.05) is 18.2 Å². The van der Waals surface area contributed by atoms with Gasteiger partial charge in [-0.05, 0) is 44.2 Å². The Bertz CT molecular complexity index is 473. The lowest BCUT2D eigenvalue weighted by Crippen LogP contribution is -2.36. The second kappa shape index (κ2) is 7.28. The van der Waals surface area contributed by atoms with Gasteiger partial charge in [0.05, 0.1) is 5.92 Å². The van der Waals surface area contributed by atoms with Crippen molar-refractivity contribution in [3.05, 3.63) is 35.9 Å². The number of nitrogens with zero attached hydrogens (tertiary/aromatic N) is 1. The van der Waals surface area contributed by atoms with Gasteiger partial charge in [0.25, 0.3) is 0 Å². The van der Waals surface area contributed by atoms with E-state index in [0.29, 0.717) is 5.92 Å². The van der Waals surface area contributed by atoms with Gasteiger partial charge < -0.3 is 9.64 Å². The summed E-state index contributed by atoms with van der Waals surface area (Å²) in [5.41, 5.74) is 1.13. The van der Waals surface area contributed by atoms with Crippen molar-refractivity contribution >= 4 is 5.97 Å². The van der Waals surface area contributed by atoms with Crippen LogP contribution in [-0.4, -0.2) is 37.1 Å². The third-order valence-corrected chi connectivity index (χ3v) is 5.23. The number of benzene rings is 1. The summed E-state index contributed by atoms with van der Waals surface area (Å²) in [6.45, 7) is 2.05. The van der Waals surface area contributed by atoms with Crippen LogP contribution in [0.5, 0.6) is 0 Å². The van der Waals surface area contributed by atoms with Crippen molar-refractivity contribution in [3.8, 4) is 0 Å². The zero-order valence-electron chi connectivity index (χ0n) is 13.5. The third-order valence-electron chi connectivity index (χ3n) is 5.23. The highest BCUT2D eigenvalue weighted by Gasteiger charge is 2.34. The topological polar surface area (TPSA) is 29.5 Å². The van der Waals surface area contributed by atoms with Gasteiger partial charge in [-0.25, -0.2) is 0 Å². The molecule has 3 rings (SSSR count). The summed E-state index contributed by atoms with van der Waals surface area (Å²) in [6.07, 6.45) is 6.84. The molecular weight excluding hydrogens is 274 g/mol. The molecule has 1 saturated carbocycles. The lowest BCUT2D eigenvalue weighted by atomic mass is 9.85. The van der Waals surface area contributed by atoms with Gasteiger partial charge in [0.1, 0.15) is 6.10 Å². The molecule has 1 heterocycles. The first kappa shape index (κ1) is 15.5. The smallest absolute Gasteiger partial charge is 0.313 e. The highest BCUT2D eigenvalue weighted by Crippen LogP contribution is 2.38. The molecule has 1 aliphatic heterocycles. The van der Waals surface area contributed by atoms with Crippen LogP contribution in [0.25, 0.3) is 0 Å². The highest BCUT2D eigenvalue weighted by atomic mass is 16.5. The molecule has 1 aliphatic carbocycles. The van der Waals surface area contributed by atoms with E-state index in [2.05, 4.69) is 24.1 Å². The standard InChI is InChI=1S/C19H27NO2/c1-20-13-11-17(12-14-20)22-19(21)18(16-9-5-6-10-16)15-7-3-2-4-8-15/h2-4,7-8,16-18H,5-6,9-14H2,1H3. The first-order valence-corrected chi connectivity index (χ1v) is 8.68. The van der Waals surface area contributed by atoms with Crippen LogP contribution in [0.15, 0.2) is 30.3 Å². The fourth-order valence-corrected chi connectivity index (χ4v) is 3.89. The molecule has 1 aromatic carbocycles. The zero-order valence-corrected chi connectivity index (χ0v) is 13.5. The lowest BCUT2D eigenvalue weighted by molar-refractivity contribution is -0.154. The molecular formula is C19H27NO2. The molecule has 0 spiro atoms. The minimum Gasteiger partial charge on any atom is -0.462 e. The fraction of sp³-hybridized carbons (Fsp3) is 0.632. The van der Waals surface area contributed by atoms with Crippen LogP contribution in [0, 0.1) is 5.92 Å². The van der Waals surface area contributed by atoms with E-state index < -0.39 is 0 Å². The molecule has 0 amide bonds. The minimum atomic E-state index is -0.0663. The Kier molecular flexibility index (Phi) is 5.14. The van der Waals surface area contributed by atoms with Gasteiger partial charge in [-0.3, -0.25) is 4.79 Å². The maximum Gasteiger partial charge on any atom is 0.313 e. The van der Waals surface area contributed by atoms with Crippen molar-refractivity contribution in [3.63, 3.8) is 0 Å². The predicted molar refractivity (Wildman–Crippen MR) is 87.8 cm³/mol. The number of hydrogen-bond acceptors (Lipinski definition) is 3. The van der Waals surface area contributed by atoms with Crippen molar-refractivity contribution < 1.29 is 9.53 Å². The molecule has 0 bridgehead atoms. The van der Waals surface area contributed by atoms with E-state index in [1.165, 1.54) is 12.8 Å². The number of likely N-dealkylation sites (tertiary alicyclic amines) is 1. The largest absolute Gasteiger partial charge is 0.462 e. The van der Waals surface area contributed by atoms with Gasteiger partial charge in [-0.2, -0.15) is 0 Å². The Balaban J connectivity index is 1.69. The number of ether oxygens (including phenoxy) is 1. The van der Waals surface area contributed by atoms with E-state index in [0.717, 1.165) is 44.3 Å². The van der Waals surface area contributed by atoms with Crippen LogP contribution in [-0.2, 0) is 9.53 Å². The van der Waals surface area contributed by atoms with Crippen molar-refractivity contribution in [2.45, 2.75) is 50.5 Å². The van der Waals surface area contributed by atoms with Crippen molar-refractivity contribution in [2.24, 2.45) is 5.92 Å². The van der Waals surface area contributed by atoms with E-state index in [4.69, 9.17) is 4.74 Å². The Morgan fingerprint density at radius 1 is 1.09 bits per heavy atom. The summed E-state index contributed by atoms with van der Waals surface area (Å²) in [5, 5.41) is 0. The van der Waals surface area contributed by atoms with E-state index >= 15 is 0 Å². The molecule has 0 radical (unpaired) electrons. The van der Waals surface area contributed by atoms with Crippen LogP contribution in [0.3, 0.4) is 0 Å². The molecule has 1 aromatic rings. The quantitative estimate of drug-likeness (QED) is 0.796. The summed E-state index contributed by atoms with van der Waals surface area (Å²) in [6, 6.07) is 10.2. The summed E-state index contributed by atoms with van der Waals surface area (Å²) >= 11 is 0. The predicted octanol–water partition coefficient (Wildman–Crippen LogP) is 3.60. The molecule has 1 unspecified atom stereocenters. The number of carbonyl (C=O) groups is 1. The first-order chi connectivity index (χ1) is 10.7. The third kappa shape index (κ3) is 3.70. The highest BCUT2D eigenvalue weighted by molar-refractivity contribution is 5.78. The number of rotatable bonds is 4. The van der Waals surface area contributed by atoms with Crippen LogP contribution in [0.4, 0.5) is 0 Å². The molecule has 0 aromatic heterocycles. The molecule has 1 saturated heterocycles. The zero-order chi connectivity index (χ0) is 15.4. The summed E-state index contributed by atoms with van der Waals surface area (Å²) in [7, 11) is 2.13. The van der Waals surface area contributed by atoms with Gasteiger partial charge in [0.15, 0.2) is 0 Å². The SMILES string of the molecule is CN1CCC(OC(=O)C(c2ccccc2)C2CCCC2)CC1. The number of piperidine rings is 1. The Hall–Kier alpha value is -1.35. The molecule has 3 nitrogen and oxygen atoms in total. The Labute approximate surface area is 133 Å². The number of hydrogen-bond donors (Lipinski definition) is 0. The molecule has 3 heteroatoms. The van der Waals surface area contributed by atoms with E-state index in [1.54, 1.807) is 0 Å². The number of carbonyl (C=O) groups excluding carboxylic acids is 1. The van der Waals surface area contributed by atoms with Crippen molar-refractivity contribution in [1.29, 1.82) is 0 Å². The number of esters is 1. The molecule has 1 atom stereocenters. The Morgan fingerprint density at radius 3 is 2.36 bits per heavy atom. The second-order valence-corrected chi connectivity index (χ2v) is 6.87. The van der Waals surface area contributed by atoms with Gasteiger partial charge in [0.2, 0.25) is 0 Å². The van der Waals surface area contributed by atoms with Crippen LogP contribution < -0.4 is 0 Å². The maximum atomic E-state index is 12.8. The lowest BCUT2D eigenvalue weighted by Gasteiger charge is -2.31. The van der Waals surface area contributed by atoms with Crippen LogP contribution in [0.1, 0.15) is 50.0 Å². The molecule has 0 N–H and O–H groups in total. The van der Waals surface area contributed by atoms with E-state index in [-0.39, 0.29) is 18.0 Å². The van der Waals surface area contributed by atoms with Crippen molar-refractivity contribution in [2.75, 3.05) is 20.1 Å². The van der Waals surface area contributed by atoms with Gasteiger partial charge in [-0.15, -0.1) is 0 Å². The van der Waals surface area contributed by atoms with Gasteiger partial charge in [-0.1, -0.05) is 43.2 Å². The van der Waals surface area contributed by atoms with Gasteiger partial charge >= 0.3 is 5.97 Å². The monoisotopic (exact) mass is 301 g/mol. The normalized spacial score (nSPS) is 22.6. The average molecular weight is 301 g/mol. The van der Waals surface area contributed by atoms with Gasteiger partial charge in [0, 0.05) is 13.1 Å². The molecule has 22 heavy (non-hydrogen) atoms. The fourth-order valence-electron chi connectivity index (χ4n) is 3.89. The average Bonchev–Trinajstić information content (AvgIpc) is 3.05. The Morgan fingerprint density at radius 2 is 1.73 bits per heavy atom. The first-order valence-electron chi connectivity index (χ1n) is 8.68. The molecule has 2 aliphatic rings. The summed E-state index contributed by atoms with van der Waals surface area (Å²) in [4.78, 5) is 15.1. The molecule has 120 valence electrons.